The van der Waals surface area contributed by atoms with E-state index in [9.17, 15) is 8.42 Å². The molecule has 142 valence electrons. The fourth-order valence-electron chi connectivity index (χ4n) is 2.56. The lowest BCUT2D eigenvalue weighted by molar-refractivity contribution is 0.590. The minimum atomic E-state index is -3.27. The van der Waals surface area contributed by atoms with Crippen molar-refractivity contribution >= 4 is 37.9 Å². The van der Waals surface area contributed by atoms with Crippen LogP contribution in [0, 0.1) is 0 Å². The standard InChI is InChI=1S/C20H23N3O2S2/c1-20(2,3)15-7-11-16(12-8-15)21-19-22-18(13-26-19)14-5-9-17(10-6-14)23-27(4,24)25/h5-13,23H,1-4H3,(H,21,22). The zero-order valence-corrected chi connectivity index (χ0v) is 17.4. The third kappa shape index (κ3) is 5.30. The molecule has 0 saturated heterocycles. The van der Waals surface area contributed by atoms with E-state index in [-0.39, 0.29) is 5.41 Å². The second kappa shape index (κ2) is 7.32. The second-order valence-corrected chi connectivity index (χ2v) is 10.0. The van der Waals surface area contributed by atoms with E-state index < -0.39 is 10.0 Å². The van der Waals surface area contributed by atoms with Gasteiger partial charge >= 0.3 is 0 Å². The van der Waals surface area contributed by atoms with Crippen LogP contribution in [-0.2, 0) is 15.4 Å². The van der Waals surface area contributed by atoms with E-state index in [2.05, 4.69) is 60.1 Å². The Bertz CT molecular complexity index is 1020. The summed E-state index contributed by atoms with van der Waals surface area (Å²) in [6, 6.07) is 15.5. The van der Waals surface area contributed by atoms with E-state index in [4.69, 9.17) is 0 Å². The Kier molecular flexibility index (Phi) is 5.26. The quantitative estimate of drug-likeness (QED) is 0.615. The van der Waals surface area contributed by atoms with Crippen LogP contribution >= 0.6 is 11.3 Å². The third-order valence-electron chi connectivity index (χ3n) is 3.99. The zero-order valence-electron chi connectivity index (χ0n) is 15.8. The first kappa shape index (κ1) is 19.4. The van der Waals surface area contributed by atoms with Gasteiger partial charge in [0.2, 0.25) is 10.0 Å². The van der Waals surface area contributed by atoms with Crippen LogP contribution in [0.3, 0.4) is 0 Å². The van der Waals surface area contributed by atoms with E-state index in [0.717, 1.165) is 28.3 Å². The normalized spacial score (nSPS) is 12.0. The van der Waals surface area contributed by atoms with Crippen molar-refractivity contribution in [3.8, 4) is 11.3 Å². The molecule has 3 rings (SSSR count). The Morgan fingerprint density at radius 2 is 1.52 bits per heavy atom. The Morgan fingerprint density at radius 1 is 0.926 bits per heavy atom. The van der Waals surface area contributed by atoms with Crippen LogP contribution in [0.15, 0.2) is 53.9 Å². The summed E-state index contributed by atoms with van der Waals surface area (Å²) in [7, 11) is -3.27. The first-order valence-corrected chi connectivity index (χ1v) is 11.3. The van der Waals surface area contributed by atoms with Crippen LogP contribution in [-0.4, -0.2) is 19.7 Å². The molecule has 0 atom stereocenters. The van der Waals surface area contributed by atoms with E-state index in [1.54, 1.807) is 12.1 Å². The molecular formula is C20H23N3O2S2. The number of hydrogen-bond acceptors (Lipinski definition) is 5. The highest BCUT2D eigenvalue weighted by atomic mass is 32.2. The SMILES string of the molecule is CC(C)(C)c1ccc(Nc2nc(-c3ccc(NS(C)(=O)=O)cc3)cs2)cc1. The van der Waals surface area contributed by atoms with Gasteiger partial charge in [0.05, 0.1) is 11.9 Å². The minimum absolute atomic E-state index is 0.130. The number of aromatic nitrogens is 1. The number of sulfonamides is 1. The fourth-order valence-corrected chi connectivity index (χ4v) is 3.87. The van der Waals surface area contributed by atoms with Crippen LogP contribution in [0.4, 0.5) is 16.5 Å². The van der Waals surface area contributed by atoms with E-state index in [0.29, 0.717) is 5.69 Å². The molecular weight excluding hydrogens is 378 g/mol. The number of benzene rings is 2. The van der Waals surface area contributed by atoms with Gasteiger partial charge in [-0.15, -0.1) is 11.3 Å². The first-order valence-electron chi connectivity index (χ1n) is 8.51. The van der Waals surface area contributed by atoms with Crippen LogP contribution in [0.1, 0.15) is 26.3 Å². The monoisotopic (exact) mass is 401 g/mol. The number of hydrogen-bond donors (Lipinski definition) is 2. The van der Waals surface area contributed by atoms with Crippen molar-refractivity contribution in [2.75, 3.05) is 16.3 Å². The van der Waals surface area contributed by atoms with Crippen molar-refractivity contribution in [2.45, 2.75) is 26.2 Å². The van der Waals surface area contributed by atoms with Crippen molar-refractivity contribution in [1.29, 1.82) is 0 Å². The number of rotatable bonds is 5. The molecule has 0 bridgehead atoms. The van der Waals surface area contributed by atoms with Gasteiger partial charge in [0.25, 0.3) is 0 Å². The molecule has 2 aromatic carbocycles. The maximum atomic E-state index is 11.3. The van der Waals surface area contributed by atoms with Gasteiger partial charge in [0, 0.05) is 22.3 Å². The van der Waals surface area contributed by atoms with Gasteiger partial charge in [-0.1, -0.05) is 45.0 Å². The van der Waals surface area contributed by atoms with E-state index >= 15 is 0 Å². The van der Waals surface area contributed by atoms with Crippen LogP contribution < -0.4 is 10.0 Å². The third-order valence-corrected chi connectivity index (χ3v) is 5.35. The summed E-state index contributed by atoms with van der Waals surface area (Å²) in [5, 5.41) is 6.12. The summed E-state index contributed by atoms with van der Waals surface area (Å²) in [5.74, 6) is 0. The predicted molar refractivity (Wildman–Crippen MR) is 114 cm³/mol. The van der Waals surface area contributed by atoms with Crippen molar-refractivity contribution in [1.82, 2.24) is 4.98 Å². The molecule has 1 heterocycles. The van der Waals surface area contributed by atoms with Gasteiger partial charge in [-0.05, 0) is 35.2 Å². The fraction of sp³-hybridized carbons (Fsp3) is 0.250. The smallest absolute Gasteiger partial charge is 0.229 e. The molecule has 0 unspecified atom stereocenters. The molecule has 0 aliphatic heterocycles. The molecule has 1 aromatic heterocycles. The van der Waals surface area contributed by atoms with Crippen LogP contribution in [0.5, 0.6) is 0 Å². The molecule has 0 fully saturated rings. The molecule has 0 aliphatic carbocycles. The highest BCUT2D eigenvalue weighted by molar-refractivity contribution is 7.92. The minimum Gasteiger partial charge on any atom is -0.332 e. The number of anilines is 3. The van der Waals surface area contributed by atoms with Gasteiger partial charge < -0.3 is 5.32 Å². The highest BCUT2D eigenvalue weighted by Gasteiger charge is 2.13. The van der Waals surface area contributed by atoms with Crippen molar-refractivity contribution in [2.24, 2.45) is 0 Å². The molecule has 2 N–H and O–H groups in total. The van der Waals surface area contributed by atoms with Gasteiger partial charge in [0.15, 0.2) is 5.13 Å². The lowest BCUT2D eigenvalue weighted by Gasteiger charge is -2.19. The maximum Gasteiger partial charge on any atom is 0.229 e. The summed E-state index contributed by atoms with van der Waals surface area (Å²) < 4.78 is 25.0. The molecule has 0 aliphatic rings. The van der Waals surface area contributed by atoms with E-state index in [1.807, 2.05) is 17.5 Å². The Labute approximate surface area is 164 Å². The molecule has 27 heavy (non-hydrogen) atoms. The van der Waals surface area contributed by atoms with E-state index in [1.165, 1.54) is 16.9 Å². The molecule has 0 spiro atoms. The van der Waals surface area contributed by atoms with Crippen molar-refractivity contribution in [3.63, 3.8) is 0 Å². The van der Waals surface area contributed by atoms with Crippen LogP contribution in [0.25, 0.3) is 11.3 Å². The molecule has 0 radical (unpaired) electrons. The highest BCUT2D eigenvalue weighted by Crippen LogP contribution is 2.29. The summed E-state index contributed by atoms with van der Waals surface area (Å²) in [6.45, 7) is 6.58. The zero-order chi connectivity index (χ0) is 19.7. The number of nitrogens with zero attached hydrogens (tertiary/aromatic N) is 1. The largest absolute Gasteiger partial charge is 0.332 e. The van der Waals surface area contributed by atoms with Crippen molar-refractivity contribution < 1.29 is 8.42 Å². The topological polar surface area (TPSA) is 71.1 Å². The van der Waals surface area contributed by atoms with Gasteiger partial charge in [-0.3, -0.25) is 4.72 Å². The Morgan fingerprint density at radius 3 is 2.07 bits per heavy atom. The first-order chi connectivity index (χ1) is 12.6. The molecule has 5 nitrogen and oxygen atoms in total. The van der Waals surface area contributed by atoms with Gasteiger partial charge in [-0.2, -0.15) is 0 Å². The van der Waals surface area contributed by atoms with Crippen LogP contribution in [0.2, 0.25) is 0 Å². The summed E-state index contributed by atoms with van der Waals surface area (Å²) in [4.78, 5) is 4.62. The molecule has 0 saturated carbocycles. The van der Waals surface area contributed by atoms with Gasteiger partial charge in [0.1, 0.15) is 0 Å². The Hall–Kier alpha value is -2.38. The Balaban J connectivity index is 1.71. The predicted octanol–water partition coefficient (Wildman–Crippen LogP) is 5.22. The van der Waals surface area contributed by atoms with Gasteiger partial charge in [-0.25, -0.2) is 13.4 Å². The summed E-state index contributed by atoms with van der Waals surface area (Å²) in [6.07, 6.45) is 1.13. The van der Waals surface area contributed by atoms with Crippen molar-refractivity contribution in [3.05, 3.63) is 59.5 Å². The molecule has 0 amide bonds. The summed E-state index contributed by atoms with van der Waals surface area (Å²) in [5.41, 5.74) is 4.73. The molecule has 3 aromatic rings. The number of nitrogens with one attached hydrogen (secondary N) is 2. The average molecular weight is 402 g/mol. The summed E-state index contributed by atoms with van der Waals surface area (Å²) >= 11 is 1.53. The number of thiazole rings is 1. The average Bonchev–Trinajstić information content (AvgIpc) is 3.02. The lowest BCUT2D eigenvalue weighted by Crippen LogP contribution is -2.10. The maximum absolute atomic E-state index is 11.3. The second-order valence-electron chi connectivity index (χ2n) is 7.44. The molecule has 7 heteroatoms. The lowest BCUT2D eigenvalue weighted by atomic mass is 9.87.